The van der Waals surface area contributed by atoms with E-state index in [0.29, 0.717) is 0 Å². The summed E-state index contributed by atoms with van der Waals surface area (Å²) in [5.74, 6) is -9.33. The van der Waals surface area contributed by atoms with Crippen molar-refractivity contribution in [2.24, 2.45) is 5.92 Å². The highest BCUT2D eigenvalue weighted by Crippen LogP contribution is 2.39. The zero-order valence-corrected chi connectivity index (χ0v) is 9.79. The van der Waals surface area contributed by atoms with Crippen molar-refractivity contribution in [2.45, 2.75) is 12.4 Å². The van der Waals surface area contributed by atoms with Crippen LogP contribution in [-0.2, 0) is 4.79 Å². The van der Waals surface area contributed by atoms with Gasteiger partial charge in [0.25, 0.3) is 0 Å². The molecule has 0 aromatic carbocycles. The summed E-state index contributed by atoms with van der Waals surface area (Å²) in [6.45, 7) is 0. The third kappa shape index (κ3) is 4.07. The lowest BCUT2D eigenvalue weighted by Gasteiger charge is -2.22. The van der Waals surface area contributed by atoms with E-state index in [4.69, 9.17) is 5.11 Å². The average Bonchev–Trinajstić information content (AvgIpc) is 2.24. The summed E-state index contributed by atoms with van der Waals surface area (Å²) in [6, 6.07) is 1.95. The average molecular weight is 316 g/mol. The molecule has 0 aliphatic rings. The first kappa shape index (κ1) is 16.7. The van der Waals surface area contributed by atoms with E-state index < -0.39 is 41.5 Å². The number of carboxylic acids is 1. The fraction of sp³-hybridized carbons (Fsp3) is 0.300. The van der Waals surface area contributed by atoms with E-state index in [-0.39, 0.29) is 0 Å². The van der Waals surface area contributed by atoms with E-state index in [2.05, 4.69) is 4.98 Å². The molecule has 0 radical (unpaired) electrons. The molecule has 0 unspecified atom stereocenters. The van der Waals surface area contributed by atoms with Crippen molar-refractivity contribution in [3.05, 3.63) is 23.9 Å². The van der Waals surface area contributed by atoms with Gasteiger partial charge in [-0.2, -0.15) is 26.3 Å². The predicted octanol–water partition coefficient (Wildman–Crippen LogP) is 2.46. The van der Waals surface area contributed by atoms with Gasteiger partial charge < -0.3 is 10.4 Å². The maximum atomic E-state index is 12.3. The topological polar surface area (TPSA) is 79.3 Å². The molecular formula is C10H6F6N2O3. The number of aromatic nitrogens is 1. The van der Waals surface area contributed by atoms with Crippen LogP contribution in [0.2, 0.25) is 0 Å². The lowest BCUT2D eigenvalue weighted by Crippen LogP contribution is -2.45. The number of rotatable bonds is 3. The molecule has 0 saturated carbocycles. The first-order valence-electron chi connectivity index (χ1n) is 5.07. The van der Waals surface area contributed by atoms with Gasteiger partial charge in [-0.15, -0.1) is 0 Å². The maximum absolute atomic E-state index is 12.3. The monoisotopic (exact) mass is 316 g/mol. The molecule has 1 rings (SSSR count). The number of anilines is 1. The normalized spacial score (nSPS) is 12.3. The van der Waals surface area contributed by atoms with E-state index in [9.17, 15) is 35.9 Å². The van der Waals surface area contributed by atoms with Gasteiger partial charge in [0.1, 0.15) is 11.4 Å². The number of alkyl halides is 6. The summed E-state index contributed by atoms with van der Waals surface area (Å²) < 4.78 is 73.9. The van der Waals surface area contributed by atoms with Crippen LogP contribution in [0.4, 0.5) is 32.2 Å². The molecular weight excluding hydrogens is 310 g/mol. The van der Waals surface area contributed by atoms with E-state index >= 15 is 0 Å². The molecule has 0 fully saturated rings. The first-order valence-corrected chi connectivity index (χ1v) is 5.07. The minimum absolute atomic E-state index is 0.742. The molecule has 1 aromatic heterocycles. The third-order valence-electron chi connectivity index (χ3n) is 2.20. The molecule has 1 heterocycles. The molecule has 0 atom stereocenters. The molecule has 2 N–H and O–H groups in total. The second kappa shape index (κ2) is 5.58. The minimum Gasteiger partial charge on any atom is -0.478 e. The molecule has 0 aliphatic carbocycles. The van der Waals surface area contributed by atoms with Crippen LogP contribution in [-0.4, -0.2) is 34.3 Å². The number of pyridine rings is 1. The van der Waals surface area contributed by atoms with Crippen molar-refractivity contribution in [2.75, 3.05) is 5.32 Å². The Hall–Kier alpha value is -2.33. The van der Waals surface area contributed by atoms with Gasteiger partial charge in [0.15, 0.2) is 0 Å². The molecule has 0 spiro atoms. The van der Waals surface area contributed by atoms with E-state index in [0.717, 1.165) is 18.3 Å². The molecule has 21 heavy (non-hydrogen) atoms. The Kier molecular flexibility index (Phi) is 4.44. The number of carbonyl (C=O) groups is 2. The van der Waals surface area contributed by atoms with Crippen LogP contribution in [0.5, 0.6) is 0 Å². The molecule has 5 nitrogen and oxygen atoms in total. The van der Waals surface area contributed by atoms with E-state index in [1.54, 1.807) is 0 Å². The van der Waals surface area contributed by atoms with Gasteiger partial charge in [0.2, 0.25) is 11.8 Å². The SMILES string of the molecule is O=C(O)c1cccnc1NC(=O)C(C(F)(F)F)C(F)(F)F. The Labute approximate surface area is 112 Å². The summed E-state index contributed by atoms with van der Waals surface area (Å²) in [5, 5.41) is 9.94. The number of nitrogens with one attached hydrogen (secondary N) is 1. The Bertz CT molecular complexity index is 540. The van der Waals surface area contributed by atoms with Gasteiger partial charge in [-0.3, -0.25) is 4.79 Å². The van der Waals surface area contributed by atoms with Crippen LogP contribution in [0, 0.1) is 5.92 Å². The maximum Gasteiger partial charge on any atom is 0.409 e. The molecule has 0 aliphatic heterocycles. The summed E-state index contributed by atoms with van der Waals surface area (Å²) in [5.41, 5.74) is -0.742. The molecule has 0 saturated heterocycles. The zero-order chi connectivity index (χ0) is 16.4. The molecule has 1 amide bonds. The number of nitrogens with zero attached hydrogens (tertiary/aromatic N) is 1. The van der Waals surface area contributed by atoms with E-state index in [1.165, 1.54) is 5.32 Å². The lowest BCUT2D eigenvalue weighted by molar-refractivity contribution is -0.272. The largest absolute Gasteiger partial charge is 0.478 e. The fourth-order valence-corrected chi connectivity index (χ4v) is 1.35. The Morgan fingerprint density at radius 1 is 1.14 bits per heavy atom. The van der Waals surface area contributed by atoms with Gasteiger partial charge in [-0.05, 0) is 12.1 Å². The van der Waals surface area contributed by atoms with Crippen molar-refractivity contribution >= 4 is 17.7 Å². The van der Waals surface area contributed by atoms with E-state index in [1.807, 2.05) is 0 Å². The quantitative estimate of drug-likeness (QED) is 0.840. The first-order chi connectivity index (χ1) is 9.44. The number of amides is 1. The molecule has 1 aromatic rings. The number of carbonyl (C=O) groups excluding carboxylic acids is 1. The third-order valence-corrected chi connectivity index (χ3v) is 2.20. The number of halogens is 6. The highest BCUT2D eigenvalue weighted by atomic mass is 19.4. The number of aromatic carboxylic acids is 1. The van der Waals surface area contributed by atoms with Crippen molar-refractivity contribution in [3.63, 3.8) is 0 Å². The summed E-state index contributed by atoms with van der Waals surface area (Å²) >= 11 is 0. The van der Waals surface area contributed by atoms with Gasteiger partial charge in [-0.1, -0.05) is 0 Å². The highest BCUT2D eigenvalue weighted by molar-refractivity contribution is 6.00. The number of hydrogen-bond donors (Lipinski definition) is 2. The van der Waals surface area contributed by atoms with Gasteiger partial charge >= 0.3 is 18.3 Å². The standard InChI is InChI=1S/C10H6F6N2O3/c11-9(12,13)5(10(14,15)16)7(19)18-6-4(8(20)21)2-1-3-17-6/h1-3,5H,(H,20,21)(H,17,18,19). The number of hydrogen-bond acceptors (Lipinski definition) is 3. The van der Waals surface area contributed by atoms with Crippen LogP contribution in [0.25, 0.3) is 0 Å². The second-order valence-corrected chi connectivity index (χ2v) is 3.71. The van der Waals surface area contributed by atoms with Crippen LogP contribution >= 0.6 is 0 Å². The van der Waals surface area contributed by atoms with Gasteiger partial charge in [-0.25, -0.2) is 9.78 Å². The molecule has 11 heteroatoms. The summed E-state index contributed by atoms with van der Waals surface area (Å²) in [4.78, 5) is 25.2. The molecule has 0 bridgehead atoms. The lowest BCUT2D eigenvalue weighted by atomic mass is 10.1. The van der Waals surface area contributed by atoms with Crippen molar-refractivity contribution < 1.29 is 41.0 Å². The second-order valence-electron chi connectivity index (χ2n) is 3.71. The minimum atomic E-state index is -5.87. The van der Waals surface area contributed by atoms with Crippen molar-refractivity contribution in [1.82, 2.24) is 4.98 Å². The Morgan fingerprint density at radius 2 is 1.67 bits per heavy atom. The smallest absolute Gasteiger partial charge is 0.409 e. The van der Waals surface area contributed by atoms with Crippen LogP contribution < -0.4 is 5.32 Å². The van der Waals surface area contributed by atoms with Gasteiger partial charge in [0, 0.05) is 6.20 Å². The fourth-order valence-electron chi connectivity index (χ4n) is 1.35. The Morgan fingerprint density at radius 3 is 2.10 bits per heavy atom. The Balaban J connectivity index is 3.12. The summed E-state index contributed by atoms with van der Waals surface area (Å²) in [7, 11) is 0. The van der Waals surface area contributed by atoms with Crippen LogP contribution in [0.3, 0.4) is 0 Å². The van der Waals surface area contributed by atoms with Crippen molar-refractivity contribution in [1.29, 1.82) is 0 Å². The summed E-state index contributed by atoms with van der Waals surface area (Å²) in [6.07, 6.45) is -10.8. The van der Waals surface area contributed by atoms with Gasteiger partial charge in [0.05, 0.1) is 0 Å². The highest BCUT2D eigenvalue weighted by Gasteiger charge is 2.61. The van der Waals surface area contributed by atoms with Crippen LogP contribution in [0.15, 0.2) is 18.3 Å². The molecule has 116 valence electrons. The number of carboxylic acid groups (broad SMARTS) is 1. The van der Waals surface area contributed by atoms with Crippen molar-refractivity contribution in [3.8, 4) is 0 Å². The predicted molar refractivity (Wildman–Crippen MR) is 55.4 cm³/mol. The zero-order valence-electron chi connectivity index (χ0n) is 9.79. The van der Waals surface area contributed by atoms with Crippen LogP contribution in [0.1, 0.15) is 10.4 Å².